The van der Waals surface area contributed by atoms with Gasteiger partial charge in [0.05, 0.1) is 5.56 Å². The lowest BCUT2D eigenvalue weighted by Crippen LogP contribution is -2.35. The summed E-state index contributed by atoms with van der Waals surface area (Å²) in [6.45, 7) is 0. The van der Waals surface area contributed by atoms with Crippen LogP contribution in [0, 0.1) is 5.82 Å². The number of esters is 1. The molecule has 1 aliphatic rings. The standard InChI is InChI=1S/C26H19FO2P/c27-19-16-17-23-24(18-19)25(28)29-26(23)30(20-10-4-1-5-11-20,21-12-6-2-7-13-21)22-14-8-3-9-15-22/h1-18,26H/q+1. The van der Waals surface area contributed by atoms with Gasteiger partial charge in [0.1, 0.15) is 21.7 Å². The molecule has 0 amide bonds. The van der Waals surface area contributed by atoms with Gasteiger partial charge in [0.2, 0.25) is 5.85 Å². The van der Waals surface area contributed by atoms with Gasteiger partial charge < -0.3 is 4.74 Å². The molecule has 0 saturated carbocycles. The van der Waals surface area contributed by atoms with Gasteiger partial charge in [0.25, 0.3) is 0 Å². The number of cyclic esters (lactones) is 1. The summed E-state index contributed by atoms with van der Waals surface area (Å²) in [5.41, 5.74) is 1.05. The molecule has 0 aromatic heterocycles. The van der Waals surface area contributed by atoms with Crippen LogP contribution < -0.4 is 15.9 Å². The molecule has 1 aliphatic heterocycles. The normalized spacial score (nSPS) is 15.5. The fraction of sp³-hybridized carbons (Fsp3) is 0.0385. The molecule has 4 aromatic carbocycles. The second-order valence-corrected chi connectivity index (χ2v) is 10.7. The number of carbonyl (C=O) groups excluding carboxylic acids is 1. The largest absolute Gasteiger partial charge is 0.418 e. The second-order valence-electron chi connectivity index (χ2n) is 7.22. The lowest BCUT2D eigenvalue weighted by atomic mass is 10.1. The number of halogens is 1. The van der Waals surface area contributed by atoms with Gasteiger partial charge in [-0.3, -0.25) is 0 Å². The van der Waals surface area contributed by atoms with Gasteiger partial charge in [-0.15, -0.1) is 0 Å². The van der Waals surface area contributed by atoms with Crippen LogP contribution in [0.3, 0.4) is 0 Å². The molecule has 1 heterocycles. The van der Waals surface area contributed by atoms with Crippen LogP contribution in [0.25, 0.3) is 0 Å². The van der Waals surface area contributed by atoms with Gasteiger partial charge >= 0.3 is 5.97 Å². The van der Waals surface area contributed by atoms with Gasteiger partial charge in [0.15, 0.2) is 7.26 Å². The maximum Gasteiger partial charge on any atom is 0.342 e. The van der Waals surface area contributed by atoms with Crippen molar-refractivity contribution in [3.8, 4) is 0 Å². The van der Waals surface area contributed by atoms with E-state index in [1.165, 1.54) is 12.1 Å². The Morgan fingerprint density at radius 1 is 0.667 bits per heavy atom. The molecule has 30 heavy (non-hydrogen) atoms. The minimum Gasteiger partial charge on any atom is -0.418 e. The molecule has 146 valence electrons. The molecule has 1 unspecified atom stereocenters. The highest BCUT2D eigenvalue weighted by molar-refractivity contribution is 7.95. The van der Waals surface area contributed by atoms with E-state index in [0.717, 1.165) is 21.5 Å². The van der Waals surface area contributed by atoms with Crippen molar-refractivity contribution < 1.29 is 13.9 Å². The number of hydrogen-bond donors (Lipinski definition) is 0. The number of ether oxygens (including phenoxy) is 1. The minimum atomic E-state index is -2.45. The predicted octanol–water partition coefficient (Wildman–Crippen LogP) is 4.99. The van der Waals surface area contributed by atoms with Gasteiger partial charge in [-0.25, -0.2) is 9.18 Å². The average molecular weight is 413 g/mol. The second kappa shape index (κ2) is 7.51. The molecule has 4 aromatic rings. The van der Waals surface area contributed by atoms with E-state index in [2.05, 4.69) is 36.4 Å². The van der Waals surface area contributed by atoms with Crippen LogP contribution >= 0.6 is 7.26 Å². The minimum absolute atomic E-state index is 0.312. The molecule has 0 fully saturated rings. The quantitative estimate of drug-likeness (QED) is 0.348. The summed E-state index contributed by atoms with van der Waals surface area (Å²) < 4.78 is 20.0. The molecule has 0 aliphatic carbocycles. The van der Waals surface area contributed by atoms with Crippen LogP contribution in [0.15, 0.2) is 109 Å². The Morgan fingerprint density at radius 2 is 1.13 bits per heavy atom. The number of fused-ring (bicyclic) bond motifs is 1. The lowest BCUT2D eigenvalue weighted by Gasteiger charge is -2.31. The van der Waals surface area contributed by atoms with Crippen molar-refractivity contribution in [3.63, 3.8) is 0 Å². The highest BCUT2D eigenvalue weighted by atomic mass is 31.2. The van der Waals surface area contributed by atoms with Crippen LogP contribution in [0.5, 0.6) is 0 Å². The van der Waals surface area contributed by atoms with Crippen LogP contribution in [-0.4, -0.2) is 5.97 Å². The molecule has 0 N–H and O–H groups in total. The predicted molar refractivity (Wildman–Crippen MR) is 120 cm³/mol. The SMILES string of the molecule is O=C1OC([P+](c2ccccc2)(c2ccccc2)c2ccccc2)c2ccc(F)cc21. The summed E-state index contributed by atoms with van der Waals surface area (Å²) in [7, 11) is -2.45. The number of rotatable bonds is 4. The van der Waals surface area contributed by atoms with E-state index in [-0.39, 0.29) is 0 Å². The van der Waals surface area contributed by atoms with Crippen LogP contribution in [0.1, 0.15) is 21.8 Å². The Bertz CT molecular complexity index is 1100. The summed E-state index contributed by atoms with van der Waals surface area (Å²) in [4.78, 5) is 12.8. The van der Waals surface area contributed by atoms with Gasteiger partial charge in [-0.1, -0.05) is 54.6 Å². The van der Waals surface area contributed by atoms with Gasteiger partial charge in [-0.05, 0) is 54.6 Å². The van der Waals surface area contributed by atoms with E-state index in [1.807, 2.05) is 54.6 Å². The van der Waals surface area contributed by atoms with Crippen molar-refractivity contribution in [3.05, 3.63) is 126 Å². The van der Waals surface area contributed by atoms with Crippen LogP contribution in [0.4, 0.5) is 4.39 Å². The van der Waals surface area contributed by atoms with Gasteiger partial charge in [-0.2, -0.15) is 0 Å². The van der Waals surface area contributed by atoms with Crippen molar-refractivity contribution in [1.82, 2.24) is 0 Å². The lowest BCUT2D eigenvalue weighted by molar-refractivity contribution is 0.0514. The van der Waals surface area contributed by atoms with Crippen molar-refractivity contribution in [2.75, 3.05) is 0 Å². The van der Waals surface area contributed by atoms with Crippen LogP contribution in [-0.2, 0) is 4.74 Å². The first-order valence-electron chi connectivity index (χ1n) is 9.77. The number of carbonyl (C=O) groups is 1. The zero-order chi connectivity index (χ0) is 20.6. The van der Waals surface area contributed by atoms with Crippen LogP contribution in [0.2, 0.25) is 0 Å². The van der Waals surface area contributed by atoms with E-state index in [1.54, 1.807) is 6.07 Å². The number of hydrogen-bond acceptors (Lipinski definition) is 2. The number of benzene rings is 4. The topological polar surface area (TPSA) is 26.3 Å². The molecule has 5 rings (SSSR count). The molecule has 0 bridgehead atoms. The summed E-state index contributed by atoms with van der Waals surface area (Å²) in [5, 5.41) is 3.33. The Kier molecular flexibility index (Phi) is 4.69. The van der Waals surface area contributed by atoms with E-state index >= 15 is 0 Å². The Balaban J connectivity index is 1.88. The maximum atomic E-state index is 13.9. The summed E-state index contributed by atoms with van der Waals surface area (Å²) >= 11 is 0. The molecular formula is C26H19FO2P+. The summed E-state index contributed by atoms with van der Waals surface area (Å²) in [6, 6.07) is 35.0. The molecule has 0 spiro atoms. The van der Waals surface area contributed by atoms with Crippen molar-refractivity contribution in [2.24, 2.45) is 0 Å². The first kappa shape index (κ1) is 18.7. The molecule has 1 atom stereocenters. The fourth-order valence-corrected chi connectivity index (χ4v) is 8.81. The smallest absolute Gasteiger partial charge is 0.342 e. The third-order valence-corrected chi connectivity index (χ3v) is 9.99. The highest BCUT2D eigenvalue weighted by Crippen LogP contribution is 2.69. The van der Waals surface area contributed by atoms with E-state index < -0.39 is 24.9 Å². The fourth-order valence-electron chi connectivity index (χ4n) is 4.28. The van der Waals surface area contributed by atoms with Crippen molar-refractivity contribution in [2.45, 2.75) is 5.85 Å². The summed E-state index contributed by atoms with van der Waals surface area (Å²) in [6.07, 6.45) is 0. The third-order valence-electron chi connectivity index (χ3n) is 5.56. The van der Waals surface area contributed by atoms with Gasteiger partial charge in [0, 0.05) is 5.56 Å². The molecular weight excluding hydrogens is 394 g/mol. The van der Waals surface area contributed by atoms with Crippen molar-refractivity contribution >= 4 is 29.1 Å². The molecule has 4 heteroatoms. The van der Waals surface area contributed by atoms with Crippen molar-refractivity contribution in [1.29, 1.82) is 0 Å². The first-order valence-corrected chi connectivity index (χ1v) is 11.6. The molecule has 2 nitrogen and oxygen atoms in total. The Morgan fingerprint density at radius 3 is 1.60 bits per heavy atom. The summed E-state index contributed by atoms with van der Waals surface area (Å²) in [5.74, 6) is -1.43. The maximum absolute atomic E-state index is 13.9. The zero-order valence-corrected chi connectivity index (χ0v) is 17.0. The molecule has 0 saturated heterocycles. The average Bonchev–Trinajstić information content (AvgIpc) is 3.12. The highest BCUT2D eigenvalue weighted by Gasteiger charge is 2.58. The van der Waals surface area contributed by atoms with E-state index in [0.29, 0.717) is 5.56 Å². The Hall–Kier alpha value is -3.29. The Labute approximate surface area is 175 Å². The zero-order valence-electron chi connectivity index (χ0n) is 16.1. The molecule has 0 radical (unpaired) electrons. The first-order chi connectivity index (χ1) is 14.7. The third kappa shape index (κ3) is 2.86. The monoisotopic (exact) mass is 413 g/mol. The van der Waals surface area contributed by atoms with E-state index in [9.17, 15) is 9.18 Å². The van der Waals surface area contributed by atoms with E-state index in [4.69, 9.17) is 4.74 Å².